The molecule has 14 nitrogen and oxygen atoms in total. The minimum Gasteiger partial charge on any atom is -0.459 e. The number of hydrogen-bond acceptors (Lipinski definition) is 12. The predicted molar refractivity (Wildman–Crippen MR) is 169 cm³/mol. The van der Waals surface area contributed by atoms with Crippen molar-refractivity contribution < 1.29 is 46.7 Å². The summed E-state index contributed by atoms with van der Waals surface area (Å²) in [5, 5.41) is 25.9. The number of alkyl halides is 3. The summed E-state index contributed by atoms with van der Waals surface area (Å²) in [4.78, 5) is 36.2. The average Bonchev–Trinajstić information content (AvgIpc) is 3.54. The maximum absolute atomic E-state index is 13.5. The molecule has 1 saturated carbocycles. The number of carbonyl (C=O) groups is 1. The molecule has 1 saturated heterocycles. The normalized spacial score (nSPS) is 24.0. The summed E-state index contributed by atoms with van der Waals surface area (Å²) in [6.45, 7) is 0.349. The number of aromatic nitrogens is 4. The highest BCUT2D eigenvalue weighted by molar-refractivity contribution is 7.45. The minimum absolute atomic E-state index is 0.0126. The quantitative estimate of drug-likeness (QED) is 0.110. The second-order valence-electron chi connectivity index (χ2n) is 11.8. The van der Waals surface area contributed by atoms with Crippen molar-refractivity contribution in [1.29, 1.82) is 0 Å². The number of nitrogens with two attached hydrogens (primary N) is 1. The van der Waals surface area contributed by atoms with Gasteiger partial charge < -0.3 is 34.5 Å². The molecule has 5 atom stereocenters. The highest BCUT2D eigenvalue weighted by atomic mass is 35.5. The van der Waals surface area contributed by atoms with Gasteiger partial charge >= 0.3 is 20.7 Å². The zero-order chi connectivity index (χ0) is 35.1. The average molecular weight is 727 g/mol. The summed E-state index contributed by atoms with van der Waals surface area (Å²) >= 11 is 6.02. The number of hydrogen-bond donors (Lipinski definition) is 5. The van der Waals surface area contributed by atoms with Gasteiger partial charge in [0.25, 0.3) is 5.56 Å². The lowest BCUT2D eigenvalue weighted by Gasteiger charge is -2.41. The number of benzene rings is 2. The Balaban J connectivity index is 1.19. The number of nitrogens with zero attached hydrogens (tertiary/aromatic N) is 3. The monoisotopic (exact) mass is 726 g/mol. The van der Waals surface area contributed by atoms with Crippen molar-refractivity contribution >= 4 is 43.2 Å². The van der Waals surface area contributed by atoms with Crippen LogP contribution in [0.15, 0.2) is 59.7 Å². The molecule has 2 aromatic heterocycles. The summed E-state index contributed by atoms with van der Waals surface area (Å²) in [5.74, 6) is -0.677. The number of aliphatic hydroxyl groups is 2. The molecule has 0 amide bonds. The number of anilines is 1. The van der Waals surface area contributed by atoms with Crippen LogP contribution in [-0.2, 0) is 31.6 Å². The zero-order valence-corrected chi connectivity index (χ0v) is 27.3. The Morgan fingerprint density at radius 2 is 1.96 bits per heavy atom. The van der Waals surface area contributed by atoms with Crippen molar-refractivity contribution in [2.45, 2.75) is 68.5 Å². The number of aromatic amines is 1. The lowest BCUT2D eigenvalue weighted by Crippen LogP contribution is -2.56. The number of ether oxygens (including phenoxy) is 2. The number of rotatable bonds is 11. The zero-order valence-electron chi connectivity index (χ0n) is 25.7. The molecule has 2 aliphatic rings. The Kier molecular flexibility index (Phi) is 9.63. The molecule has 0 spiro atoms. The first-order valence-corrected chi connectivity index (χ1v) is 16.5. The summed E-state index contributed by atoms with van der Waals surface area (Å²) < 4.78 is 65.3. The molecule has 4 aromatic rings. The van der Waals surface area contributed by atoms with Gasteiger partial charge in [-0.15, -0.1) is 0 Å². The number of fused-ring (bicyclic) bond motifs is 1. The van der Waals surface area contributed by atoms with Crippen LogP contribution in [-0.4, -0.2) is 65.7 Å². The van der Waals surface area contributed by atoms with Crippen molar-refractivity contribution in [1.82, 2.24) is 24.6 Å². The fourth-order valence-electron chi connectivity index (χ4n) is 5.58. The van der Waals surface area contributed by atoms with Gasteiger partial charge in [0, 0.05) is 10.6 Å². The van der Waals surface area contributed by atoms with E-state index in [0.717, 1.165) is 6.07 Å². The molecular weight excluding hydrogens is 696 g/mol. The molecule has 0 radical (unpaired) electrons. The number of esters is 1. The number of H-pyrrole nitrogens is 1. The number of halogens is 4. The minimum atomic E-state index is -4.63. The van der Waals surface area contributed by atoms with Crippen LogP contribution >= 0.6 is 20.1 Å². The van der Waals surface area contributed by atoms with Crippen molar-refractivity contribution in [2.24, 2.45) is 0 Å². The topological polar surface area (TPSA) is 196 Å². The van der Waals surface area contributed by atoms with Gasteiger partial charge in [-0.2, -0.15) is 18.2 Å². The maximum atomic E-state index is 13.5. The van der Waals surface area contributed by atoms with Gasteiger partial charge in [-0.25, -0.2) is 10.1 Å². The lowest BCUT2D eigenvalue weighted by molar-refractivity contribution is -0.157. The van der Waals surface area contributed by atoms with E-state index in [-0.39, 0.29) is 42.1 Å². The molecule has 2 fully saturated rings. The summed E-state index contributed by atoms with van der Waals surface area (Å²) in [6, 6.07) is 11.1. The smallest absolute Gasteiger partial charge is 0.416 e. The van der Waals surface area contributed by atoms with E-state index >= 15 is 0 Å². The van der Waals surface area contributed by atoms with E-state index < -0.39 is 68.0 Å². The lowest BCUT2D eigenvalue weighted by atomic mass is 9.78. The van der Waals surface area contributed by atoms with Crippen LogP contribution in [0.5, 0.6) is 5.75 Å². The number of nitrogen functional groups attached to an aromatic ring is 1. The third-order valence-electron chi connectivity index (χ3n) is 8.40. The van der Waals surface area contributed by atoms with Crippen LogP contribution in [0.2, 0.25) is 5.02 Å². The number of nitrogens with one attached hydrogen (secondary N) is 2. The van der Waals surface area contributed by atoms with E-state index in [1.807, 2.05) is 0 Å². The molecule has 1 aliphatic heterocycles. The Morgan fingerprint density at radius 1 is 1.24 bits per heavy atom. The molecule has 262 valence electrons. The van der Waals surface area contributed by atoms with Crippen LogP contribution in [0, 0.1) is 0 Å². The second kappa shape index (κ2) is 13.5. The summed E-state index contributed by atoms with van der Waals surface area (Å²) in [5.41, 5.74) is 0.661. The summed E-state index contributed by atoms with van der Waals surface area (Å²) in [7, 11) is -2.21. The highest BCUT2D eigenvalue weighted by Crippen LogP contribution is 2.46. The molecule has 19 heteroatoms. The Morgan fingerprint density at radius 3 is 2.63 bits per heavy atom. The Labute approximate surface area is 282 Å². The fourth-order valence-corrected chi connectivity index (χ4v) is 7.13. The SMILES string of the molecule is C[C@]1(O)C(n2cnc3c(=O)[nH]c(N)nc32)OC(COP(NC2(C(=O)OCc3ccccc3C(F)(F)F)CCC2)Oc2ccc(Cl)cc2)[C@H]1O. The Bertz CT molecular complexity index is 1890. The summed E-state index contributed by atoms with van der Waals surface area (Å²) in [6.07, 6.45) is -6.22. The van der Waals surface area contributed by atoms with Crippen molar-refractivity contribution in [2.75, 3.05) is 12.3 Å². The van der Waals surface area contributed by atoms with Crippen LogP contribution < -0.4 is 20.9 Å². The van der Waals surface area contributed by atoms with E-state index in [9.17, 15) is 33.0 Å². The first kappa shape index (κ1) is 35.0. The van der Waals surface area contributed by atoms with Gasteiger partial charge in [-0.05, 0) is 56.5 Å². The first-order valence-electron chi connectivity index (χ1n) is 14.9. The number of carbonyl (C=O) groups excluding carboxylic acids is 1. The van der Waals surface area contributed by atoms with Gasteiger partial charge in [0.05, 0.1) is 18.5 Å². The van der Waals surface area contributed by atoms with E-state index in [2.05, 4.69) is 20.0 Å². The standard InChI is InChI=1S/C30H31ClF3N6O8P/c1-28(44)22(41)20(47-25(28)40-15-36-21-23(40)37-27(35)38-24(21)42)14-46-49(48-18-9-7-17(31)8-10-18)39-29(11-4-12-29)26(43)45-13-16-5-2-3-6-19(16)30(32,33)34/h2-3,5-10,15,20,22,25,39,41,44H,4,11-14H2,1H3,(H3,35,37,38,42)/t20?,22-,25?,28-,49?/m1/s1. The first-order chi connectivity index (χ1) is 23.2. The van der Waals surface area contributed by atoms with Crippen molar-refractivity contribution in [3.05, 3.63) is 81.4 Å². The van der Waals surface area contributed by atoms with Gasteiger partial charge in [0.2, 0.25) is 5.95 Å². The van der Waals surface area contributed by atoms with Gasteiger partial charge in [-0.3, -0.25) is 19.1 Å². The number of aliphatic hydroxyl groups excluding tert-OH is 1. The third-order valence-corrected chi connectivity index (χ3v) is 10.0. The molecular formula is C30H31ClF3N6O8P. The molecule has 2 aromatic carbocycles. The predicted octanol–water partition coefficient (Wildman–Crippen LogP) is 3.96. The van der Waals surface area contributed by atoms with Crippen LogP contribution in [0.1, 0.15) is 43.5 Å². The molecule has 6 N–H and O–H groups in total. The molecule has 3 unspecified atom stereocenters. The maximum Gasteiger partial charge on any atom is 0.416 e. The highest BCUT2D eigenvalue weighted by Gasteiger charge is 2.54. The van der Waals surface area contributed by atoms with E-state index in [0.29, 0.717) is 17.2 Å². The van der Waals surface area contributed by atoms with E-state index in [1.165, 1.54) is 36.0 Å². The third kappa shape index (κ3) is 7.10. The molecule has 3 heterocycles. The van der Waals surface area contributed by atoms with Gasteiger partial charge in [0.15, 0.2) is 17.4 Å². The Hall–Kier alpha value is -3.83. The molecule has 6 rings (SSSR count). The van der Waals surface area contributed by atoms with Gasteiger partial charge in [0.1, 0.15) is 35.7 Å². The molecule has 1 aliphatic carbocycles. The fraction of sp³-hybridized carbons (Fsp3) is 0.400. The van der Waals surface area contributed by atoms with E-state index in [1.54, 1.807) is 24.3 Å². The number of imidazole rings is 1. The van der Waals surface area contributed by atoms with E-state index in [4.69, 9.17) is 35.9 Å². The second-order valence-corrected chi connectivity index (χ2v) is 13.5. The largest absolute Gasteiger partial charge is 0.459 e. The van der Waals surface area contributed by atoms with Gasteiger partial charge in [-0.1, -0.05) is 29.8 Å². The molecule has 49 heavy (non-hydrogen) atoms. The van der Waals surface area contributed by atoms with Crippen LogP contribution in [0.3, 0.4) is 0 Å². The van der Waals surface area contributed by atoms with Crippen LogP contribution in [0.4, 0.5) is 19.1 Å². The molecule has 0 bridgehead atoms. The van der Waals surface area contributed by atoms with Crippen molar-refractivity contribution in [3.8, 4) is 5.75 Å². The van der Waals surface area contributed by atoms with Crippen molar-refractivity contribution in [3.63, 3.8) is 0 Å². The van der Waals surface area contributed by atoms with Crippen LogP contribution in [0.25, 0.3) is 11.2 Å².